The Morgan fingerprint density at radius 1 is 1.10 bits per heavy atom. The van der Waals surface area contributed by atoms with Gasteiger partial charge in [0.25, 0.3) is 5.91 Å². The first-order valence-electron chi connectivity index (χ1n) is 9.06. The topological polar surface area (TPSA) is 94.1 Å². The zero-order valence-corrected chi connectivity index (χ0v) is 18.0. The van der Waals surface area contributed by atoms with E-state index in [0.29, 0.717) is 27.7 Å². The predicted molar refractivity (Wildman–Crippen MR) is 115 cm³/mol. The summed E-state index contributed by atoms with van der Waals surface area (Å²) in [5.74, 6) is -0.992. The van der Waals surface area contributed by atoms with E-state index in [-0.39, 0.29) is 28.7 Å². The Kier molecular flexibility index (Phi) is 6.64. The van der Waals surface area contributed by atoms with Gasteiger partial charge in [-0.3, -0.25) is 4.79 Å². The lowest BCUT2D eigenvalue weighted by Gasteiger charge is -2.15. The molecule has 2 heterocycles. The molecule has 1 amide bonds. The number of ether oxygens (including phenoxy) is 1. The Hall–Kier alpha value is -3.03. The molecular weight excluding hydrogens is 427 g/mol. The van der Waals surface area contributed by atoms with Crippen molar-refractivity contribution in [1.29, 1.82) is 0 Å². The summed E-state index contributed by atoms with van der Waals surface area (Å²) in [5, 5.41) is 3.55. The summed E-state index contributed by atoms with van der Waals surface area (Å²) in [4.78, 5) is 38.5. The SMILES string of the molecule is CCOC(=O)c1c(C(=O)Nc2cccc(Cl)c2C)nc(C)nc1-c1ccc(Cl)nc1. The smallest absolute Gasteiger partial charge is 0.342 e. The molecule has 0 spiro atoms. The molecule has 0 aliphatic carbocycles. The van der Waals surface area contributed by atoms with E-state index in [1.165, 1.54) is 6.20 Å². The van der Waals surface area contributed by atoms with Crippen LogP contribution in [0.2, 0.25) is 10.2 Å². The van der Waals surface area contributed by atoms with E-state index in [1.807, 2.05) is 0 Å². The van der Waals surface area contributed by atoms with Crippen LogP contribution in [-0.2, 0) is 4.74 Å². The molecule has 0 aliphatic rings. The molecule has 0 radical (unpaired) electrons. The number of amides is 1. The Morgan fingerprint density at radius 2 is 1.87 bits per heavy atom. The van der Waals surface area contributed by atoms with Gasteiger partial charge in [0, 0.05) is 22.5 Å². The van der Waals surface area contributed by atoms with Crippen LogP contribution in [0.25, 0.3) is 11.3 Å². The molecule has 0 bridgehead atoms. The van der Waals surface area contributed by atoms with E-state index in [0.717, 1.165) is 0 Å². The number of pyridine rings is 1. The van der Waals surface area contributed by atoms with Gasteiger partial charge in [-0.05, 0) is 50.6 Å². The maximum atomic E-state index is 13.1. The quantitative estimate of drug-likeness (QED) is 0.444. The second kappa shape index (κ2) is 9.19. The lowest BCUT2D eigenvalue weighted by Crippen LogP contribution is -2.22. The molecule has 9 heteroatoms. The van der Waals surface area contributed by atoms with Crippen LogP contribution >= 0.6 is 23.2 Å². The lowest BCUT2D eigenvalue weighted by atomic mass is 10.0. The van der Waals surface area contributed by atoms with Gasteiger partial charge in [-0.1, -0.05) is 29.3 Å². The number of anilines is 1. The first-order valence-corrected chi connectivity index (χ1v) is 9.81. The average Bonchev–Trinajstić information content (AvgIpc) is 2.71. The summed E-state index contributed by atoms with van der Waals surface area (Å²) < 4.78 is 5.17. The Bertz CT molecular complexity index is 1120. The molecule has 0 fully saturated rings. The summed E-state index contributed by atoms with van der Waals surface area (Å²) in [5.41, 5.74) is 1.78. The number of benzene rings is 1. The molecule has 3 aromatic rings. The molecule has 0 atom stereocenters. The van der Waals surface area contributed by atoms with Gasteiger partial charge in [0.05, 0.1) is 12.3 Å². The molecule has 1 aromatic carbocycles. The van der Waals surface area contributed by atoms with E-state index in [4.69, 9.17) is 27.9 Å². The maximum absolute atomic E-state index is 13.1. The molecule has 7 nitrogen and oxygen atoms in total. The summed E-state index contributed by atoms with van der Waals surface area (Å²) in [7, 11) is 0. The van der Waals surface area contributed by atoms with Crippen LogP contribution in [0.1, 0.15) is 39.2 Å². The van der Waals surface area contributed by atoms with Crippen LogP contribution in [-0.4, -0.2) is 33.4 Å². The minimum atomic E-state index is -0.713. The Labute approximate surface area is 183 Å². The fraction of sp³-hybridized carbons (Fsp3) is 0.190. The van der Waals surface area contributed by atoms with Gasteiger partial charge in [-0.15, -0.1) is 0 Å². The predicted octanol–water partition coefficient (Wildman–Crippen LogP) is 4.89. The number of hydrogen-bond donors (Lipinski definition) is 1. The second-order valence-electron chi connectivity index (χ2n) is 6.30. The van der Waals surface area contributed by atoms with Crippen LogP contribution in [0.5, 0.6) is 0 Å². The standard InChI is InChI=1S/C21H18Cl2N4O3/c1-4-30-21(29)17-18(13-8-9-16(23)24-10-13)25-12(3)26-19(17)20(28)27-15-7-5-6-14(22)11(15)2/h5-10H,4H2,1-3H3,(H,27,28). The first-order chi connectivity index (χ1) is 14.3. The lowest BCUT2D eigenvalue weighted by molar-refractivity contribution is 0.0523. The number of carbonyl (C=O) groups excluding carboxylic acids is 2. The van der Waals surface area contributed by atoms with E-state index in [2.05, 4.69) is 20.3 Å². The van der Waals surface area contributed by atoms with Gasteiger partial charge in [0.1, 0.15) is 22.2 Å². The van der Waals surface area contributed by atoms with Gasteiger partial charge in [0.15, 0.2) is 0 Å². The monoisotopic (exact) mass is 444 g/mol. The van der Waals surface area contributed by atoms with Gasteiger partial charge in [0.2, 0.25) is 0 Å². The molecule has 0 saturated carbocycles. The van der Waals surface area contributed by atoms with Crippen molar-refractivity contribution < 1.29 is 14.3 Å². The highest BCUT2D eigenvalue weighted by molar-refractivity contribution is 6.32. The Morgan fingerprint density at radius 3 is 2.53 bits per heavy atom. The van der Waals surface area contributed by atoms with Gasteiger partial charge in [-0.2, -0.15) is 0 Å². The molecule has 0 aliphatic heterocycles. The summed E-state index contributed by atoms with van der Waals surface area (Å²) >= 11 is 12.0. The number of halogens is 2. The van der Waals surface area contributed by atoms with Gasteiger partial charge < -0.3 is 10.1 Å². The molecule has 0 unspecified atom stereocenters. The van der Waals surface area contributed by atoms with Crippen molar-refractivity contribution in [2.75, 3.05) is 11.9 Å². The molecule has 2 aromatic heterocycles. The minimum absolute atomic E-state index is 0.0521. The van der Waals surface area contributed by atoms with Crippen molar-refractivity contribution >= 4 is 40.8 Å². The highest BCUT2D eigenvalue weighted by Crippen LogP contribution is 2.27. The van der Waals surface area contributed by atoms with Crippen LogP contribution < -0.4 is 5.32 Å². The fourth-order valence-electron chi connectivity index (χ4n) is 2.78. The van der Waals surface area contributed by atoms with Crippen molar-refractivity contribution in [1.82, 2.24) is 15.0 Å². The average molecular weight is 445 g/mol. The van der Waals surface area contributed by atoms with E-state index in [1.54, 1.807) is 51.1 Å². The largest absolute Gasteiger partial charge is 0.462 e. The maximum Gasteiger partial charge on any atom is 0.342 e. The molecule has 154 valence electrons. The van der Waals surface area contributed by atoms with Gasteiger partial charge >= 0.3 is 5.97 Å². The van der Waals surface area contributed by atoms with Crippen LogP contribution in [0.4, 0.5) is 5.69 Å². The third-order valence-corrected chi connectivity index (χ3v) is 4.87. The molecule has 3 rings (SSSR count). The molecule has 1 N–H and O–H groups in total. The molecule has 30 heavy (non-hydrogen) atoms. The number of nitrogens with zero attached hydrogens (tertiary/aromatic N) is 3. The number of hydrogen-bond acceptors (Lipinski definition) is 6. The van der Waals surface area contributed by atoms with Crippen LogP contribution in [0.3, 0.4) is 0 Å². The second-order valence-corrected chi connectivity index (χ2v) is 7.09. The number of aryl methyl sites for hydroxylation is 1. The molecule has 0 saturated heterocycles. The third kappa shape index (κ3) is 4.58. The normalized spacial score (nSPS) is 10.6. The van der Waals surface area contributed by atoms with Crippen molar-refractivity contribution in [2.24, 2.45) is 0 Å². The minimum Gasteiger partial charge on any atom is -0.462 e. The molecular formula is C21H18Cl2N4O3. The van der Waals surface area contributed by atoms with E-state index in [9.17, 15) is 9.59 Å². The van der Waals surface area contributed by atoms with Crippen LogP contribution in [0.15, 0.2) is 36.5 Å². The third-order valence-electron chi connectivity index (χ3n) is 4.23. The first kappa shape index (κ1) is 21.7. The number of esters is 1. The van der Waals surface area contributed by atoms with Crippen molar-refractivity contribution in [3.05, 3.63) is 69.3 Å². The van der Waals surface area contributed by atoms with Gasteiger partial charge in [-0.25, -0.2) is 19.7 Å². The summed E-state index contributed by atoms with van der Waals surface area (Å²) in [6.45, 7) is 5.20. The number of aromatic nitrogens is 3. The number of nitrogens with one attached hydrogen (secondary N) is 1. The zero-order chi connectivity index (χ0) is 21.8. The fourth-order valence-corrected chi connectivity index (χ4v) is 3.07. The van der Waals surface area contributed by atoms with Crippen LogP contribution in [0, 0.1) is 13.8 Å². The summed E-state index contributed by atoms with van der Waals surface area (Å²) in [6, 6.07) is 8.37. The highest BCUT2D eigenvalue weighted by atomic mass is 35.5. The number of carbonyl (C=O) groups is 2. The Balaban J connectivity index is 2.15. The van der Waals surface area contributed by atoms with Crippen molar-refractivity contribution in [3.63, 3.8) is 0 Å². The summed E-state index contributed by atoms with van der Waals surface area (Å²) in [6.07, 6.45) is 1.47. The van der Waals surface area contributed by atoms with E-state index >= 15 is 0 Å². The van der Waals surface area contributed by atoms with Crippen molar-refractivity contribution in [3.8, 4) is 11.3 Å². The zero-order valence-electron chi connectivity index (χ0n) is 16.5. The number of rotatable bonds is 5. The van der Waals surface area contributed by atoms with Crippen molar-refractivity contribution in [2.45, 2.75) is 20.8 Å². The highest BCUT2D eigenvalue weighted by Gasteiger charge is 2.27. The van der Waals surface area contributed by atoms with E-state index < -0.39 is 11.9 Å².